The minimum Gasteiger partial charge on any atom is -0.460 e. The van der Waals surface area contributed by atoms with Crippen LogP contribution in [0.25, 0.3) is 0 Å². The second-order valence-electron chi connectivity index (χ2n) is 8.27. The average Bonchev–Trinajstić information content (AvgIpc) is 3.16. The van der Waals surface area contributed by atoms with Crippen LogP contribution in [0.4, 0.5) is 0 Å². The summed E-state index contributed by atoms with van der Waals surface area (Å²) in [6.45, 7) is 3.21. The molecule has 0 saturated carbocycles. The van der Waals surface area contributed by atoms with Gasteiger partial charge < -0.3 is 9.84 Å². The van der Waals surface area contributed by atoms with Gasteiger partial charge in [-0.2, -0.15) is 4.31 Å². The van der Waals surface area contributed by atoms with Crippen LogP contribution < -0.4 is 0 Å². The molecule has 2 aromatic carbocycles. The molecule has 0 aliphatic carbocycles. The van der Waals surface area contributed by atoms with Crippen LogP contribution in [-0.4, -0.2) is 69.3 Å². The topological polar surface area (TPSA) is 121 Å². The third-order valence-electron chi connectivity index (χ3n) is 5.65. The number of ether oxygens (including phenoxy) is 1. The Hall–Kier alpha value is -2.31. The number of carbonyl (C=O) groups is 1. The molecule has 9 nitrogen and oxygen atoms in total. The normalized spacial score (nSPS) is 19.7. The second-order valence-corrected chi connectivity index (χ2v) is 12.3. The molecule has 1 N–H and O–H groups in total. The molecule has 0 aromatic heterocycles. The van der Waals surface area contributed by atoms with E-state index in [2.05, 4.69) is 0 Å². The van der Waals surface area contributed by atoms with Crippen LogP contribution in [0.3, 0.4) is 0 Å². The van der Waals surface area contributed by atoms with Gasteiger partial charge in [0.05, 0.1) is 15.9 Å². The van der Waals surface area contributed by atoms with Gasteiger partial charge in [0.2, 0.25) is 20.0 Å². The molecule has 3 rings (SSSR count). The largest absolute Gasteiger partial charge is 0.460 e. The number of esters is 1. The molecule has 0 spiro atoms. The molecule has 1 aliphatic heterocycles. The van der Waals surface area contributed by atoms with Crippen molar-refractivity contribution in [3.05, 3.63) is 59.2 Å². The summed E-state index contributed by atoms with van der Waals surface area (Å²) in [6.07, 6.45) is -1.09. The molecule has 1 aliphatic rings. The molecule has 1 heterocycles. The average molecular weight is 497 g/mol. The number of rotatable bonds is 7. The molecule has 11 heteroatoms. The van der Waals surface area contributed by atoms with Crippen molar-refractivity contribution in [1.29, 1.82) is 0 Å². The molecule has 0 radical (unpaired) electrons. The highest BCUT2D eigenvalue weighted by molar-refractivity contribution is 7.89. The predicted molar refractivity (Wildman–Crippen MR) is 121 cm³/mol. The number of hydrogen-bond donors (Lipinski definition) is 1. The van der Waals surface area contributed by atoms with E-state index in [4.69, 9.17) is 4.74 Å². The number of aliphatic hydroxyl groups excluding tert-OH is 1. The fourth-order valence-electron chi connectivity index (χ4n) is 3.53. The molecule has 0 unspecified atom stereocenters. The van der Waals surface area contributed by atoms with Gasteiger partial charge in [0.15, 0.2) is 0 Å². The van der Waals surface area contributed by atoms with Gasteiger partial charge in [-0.15, -0.1) is 0 Å². The highest BCUT2D eigenvalue weighted by Gasteiger charge is 2.44. The Morgan fingerprint density at radius 2 is 1.76 bits per heavy atom. The van der Waals surface area contributed by atoms with Crippen LogP contribution in [0.15, 0.2) is 52.3 Å². The summed E-state index contributed by atoms with van der Waals surface area (Å²) in [4.78, 5) is 12.9. The van der Waals surface area contributed by atoms with Gasteiger partial charge >= 0.3 is 5.97 Å². The van der Waals surface area contributed by atoms with Gasteiger partial charge in [0.1, 0.15) is 12.6 Å². The Bertz CT molecular complexity index is 1260. The predicted octanol–water partition coefficient (Wildman–Crippen LogP) is 1.42. The van der Waals surface area contributed by atoms with Crippen molar-refractivity contribution in [2.45, 2.75) is 48.8 Å². The fourth-order valence-corrected chi connectivity index (χ4v) is 6.22. The van der Waals surface area contributed by atoms with Crippen molar-refractivity contribution in [1.82, 2.24) is 8.61 Å². The van der Waals surface area contributed by atoms with E-state index in [1.165, 1.54) is 44.4 Å². The van der Waals surface area contributed by atoms with E-state index in [0.29, 0.717) is 5.56 Å². The third kappa shape index (κ3) is 5.28. The minimum atomic E-state index is -4.04. The first kappa shape index (κ1) is 25.3. The maximum atomic E-state index is 13.2. The smallest absolute Gasteiger partial charge is 0.324 e. The molecular weight excluding hydrogens is 468 g/mol. The number of carbonyl (C=O) groups excluding carboxylic acids is 1. The van der Waals surface area contributed by atoms with Crippen molar-refractivity contribution >= 4 is 26.0 Å². The zero-order chi connectivity index (χ0) is 24.6. The summed E-state index contributed by atoms with van der Waals surface area (Å²) in [7, 11) is -4.86. The number of β-amino-alcohol motifs (C(OH)–C–C–N with tert-alkyl or cyclic N) is 1. The Labute approximate surface area is 194 Å². The van der Waals surface area contributed by atoms with Gasteiger partial charge in [-0.25, -0.2) is 21.1 Å². The van der Waals surface area contributed by atoms with E-state index >= 15 is 0 Å². The first-order valence-corrected chi connectivity index (χ1v) is 13.2. The van der Waals surface area contributed by atoms with E-state index in [0.717, 1.165) is 19.7 Å². The minimum absolute atomic E-state index is 0.0408. The maximum Gasteiger partial charge on any atom is 0.324 e. The summed E-state index contributed by atoms with van der Waals surface area (Å²) in [5.41, 5.74) is 2.17. The summed E-state index contributed by atoms with van der Waals surface area (Å²) in [6, 6.07) is 9.50. The molecule has 0 amide bonds. The van der Waals surface area contributed by atoms with Crippen LogP contribution in [0.5, 0.6) is 0 Å². The van der Waals surface area contributed by atoms with Crippen LogP contribution in [-0.2, 0) is 36.2 Å². The van der Waals surface area contributed by atoms with Crippen molar-refractivity contribution in [3.8, 4) is 0 Å². The van der Waals surface area contributed by atoms with Crippen molar-refractivity contribution < 1.29 is 31.5 Å². The molecule has 180 valence electrons. The SMILES string of the molecule is Cc1ccc(S(=O)(=O)N2C[C@H](O)C[C@H]2C(=O)OCc2cccc(S(=O)(=O)N(C)C)c2)cc1C. The standard InChI is InChI=1S/C22H28N2O7S2/c1-15-8-9-20(10-16(15)2)33(29,30)24-13-18(25)12-21(24)22(26)31-14-17-6-5-7-19(11-17)32(27,28)23(3)4/h5-11,18,21,25H,12-14H2,1-4H3/t18-,21+/m1/s1. The first-order chi connectivity index (χ1) is 15.3. The lowest BCUT2D eigenvalue weighted by Crippen LogP contribution is -2.41. The van der Waals surface area contributed by atoms with Gasteiger partial charge in [0, 0.05) is 27.1 Å². The van der Waals surface area contributed by atoms with Gasteiger partial charge in [-0.3, -0.25) is 4.79 Å². The zero-order valence-electron chi connectivity index (χ0n) is 18.9. The van der Waals surface area contributed by atoms with E-state index in [1.807, 2.05) is 6.92 Å². The summed E-state index contributed by atoms with van der Waals surface area (Å²) < 4.78 is 58.4. The summed E-state index contributed by atoms with van der Waals surface area (Å²) in [5, 5.41) is 10.1. The number of nitrogens with zero attached hydrogens (tertiary/aromatic N) is 2. The third-order valence-corrected chi connectivity index (χ3v) is 9.33. The Balaban J connectivity index is 1.78. The van der Waals surface area contributed by atoms with Crippen molar-refractivity contribution in [2.24, 2.45) is 0 Å². The Morgan fingerprint density at radius 1 is 1.06 bits per heavy atom. The number of aliphatic hydroxyl groups is 1. The molecular formula is C22H28N2O7S2. The van der Waals surface area contributed by atoms with E-state index in [9.17, 15) is 26.7 Å². The van der Waals surface area contributed by atoms with Crippen LogP contribution in [0.2, 0.25) is 0 Å². The molecule has 0 bridgehead atoms. The number of aryl methyl sites for hydroxylation is 2. The monoisotopic (exact) mass is 496 g/mol. The van der Waals surface area contributed by atoms with E-state index in [1.54, 1.807) is 19.1 Å². The van der Waals surface area contributed by atoms with Gasteiger partial charge in [-0.1, -0.05) is 18.2 Å². The molecule has 33 heavy (non-hydrogen) atoms. The van der Waals surface area contributed by atoms with Gasteiger partial charge in [0.25, 0.3) is 0 Å². The summed E-state index contributed by atoms with van der Waals surface area (Å²) >= 11 is 0. The number of benzene rings is 2. The molecule has 2 atom stereocenters. The van der Waals surface area contributed by atoms with Crippen molar-refractivity contribution in [2.75, 3.05) is 20.6 Å². The van der Waals surface area contributed by atoms with E-state index in [-0.39, 0.29) is 29.4 Å². The number of sulfonamides is 2. The lowest BCUT2D eigenvalue weighted by molar-refractivity contribution is -0.148. The summed E-state index contributed by atoms with van der Waals surface area (Å²) in [5.74, 6) is -0.806. The van der Waals surface area contributed by atoms with Crippen LogP contribution in [0, 0.1) is 13.8 Å². The molecule has 2 aromatic rings. The zero-order valence-corrected chi connectivity index (χ0v) is 20.6. The Kier molecular flexibility index (Phi) is 7.30. The fraction of sp³-hybridized carbons (Fsp3) is 0.409. The van der Waals surface area contributed by atoms with Crippen LogP contribution in [0.1, 0.15) is 23.1 Å². The van der Waals surface area contributed by atoms with Gasteiger partial charge in [-0.05, 0) is 54.8 Å². The lowest BCUT2D eigenvalue weighted by Gasteiger charge is -2.23. The highest BCUT2D eigenvalue weighted by Crippen LogP contribution is 2.28. The first-order valence-electron chi connectivity index (χ1n) is 10.3. The van der Waals surface area contributed by atoms with E-state index < -0.39 is 38.2 Å². The van der Waals surface area contributed by atoms with Crippen LogP contribution >= 0.6 is 0 Å². The quantitative estimate of drug-likeness (QED) is 0.576. The molecule has 1 fully saturated rings. The Morgan fingerprint density at radius 3 is 2.39 bits per heavy atom. The highest BCUT2D eigenvalue weighted by atomic mass is 32.2. The lowest BCUT2D eigenvalue weighted by atomic mass is 10.1. The maximum absolute atomic E-state index is 13.2. The number of hydrogen-bond acceptors (Lipinski definition) is 7. The molecule has 1 saturated heterocycles. The second kappa shape index (κ2) is 9.51. The van der Waals surface area contributed by atoms with Crippen molar-refractivity contribution in [3.63, 3.8) is 0 Å².